The van der Waals surface area contributed by atoms with Crippen LogP contribution in [0.3, 0.4) is 0 Å². The molecule has 1 amide bonds. The number of carbonyl (C=O) groups is 1. The fourth-order valence-electron chi connectivity index (χ4n) is 3.69. The van der Waals surface area contributed by atoms with Gasteiger partial charge in [-0.05, 0) is 49.4 Å². The van der Waals surface area contributed by atoms with E-state index < -0.39 is 6.23 Å². The summed E-state index contributed by atoms with van der Waals surface area (Å²) in [4.78, 5) is 23.7. The number of benzene rings is 2. The van der Waals surface area contributed by atoms with E-state index in [4.69, 9.17) is 4.74 Å². The van der Waals surface area contributed by atoms with Crippen LogP contribution in [0.25, 0.3) is 22.6 Å². The molecule has 0 fully saturated rings. The van der Waals surface area contributed by atoms with Crippen LogP contribution in [-0.4, -0.2) is 36.8 Å². The summed E-state index contributed by atoms with van der Waals surface area (Å²) in [5.74, 6) is -0.0301. The van der Waals surface area contributed by atoms with Gasteiger partial charge in [0.2, 0.25) is 0 Å². The Labute approximate surface area is 189 Å². The second-order valence-corrected chi connectivity index (χ2v) is 7.64. The molecule has 0 N–H and O–H groups in total. The SMILES string of the molecule is Cc1ccc(-c2ncccn2)c(C(=O)N2C=COC2Cn2ccc(-c3ccc(F)cc3)n2)c1. The Hall–Kier alpha value is -4.33. The molecule has 0 saturated heterocycles. The molecule has 2 aromatic heterocycles. The summed E-state index contributed by atoms with van der Waals surface area (Å²) >= 11 is 0. The maximum Gasteiger partial charge on any atom is 0.261 e. The number of nitrogens with zero attached hydrogens (tertiary/aromatic N) is 5. The van der Waals surface area contributed by atoms with Crippen LogP contribution >= 0.6 is 0 Å². The van der Waals surface area contributed by atoms with Crippen molar-refractivity contribution >= 4 is 5.91 Å². The normalized spacial score (nSPS) is 15.0. The van der Waals surface area contributed by atoms with Gasteiger partial charge in [-0.2, -0.15) is 5.10 Å². The molecule has 0 bridgehead atoms. The van der Waals surface area contributed by atoms with Crippen LogP contribution in [0.15, 0.2) is 85.6 Å². The van der Waals surface area contributed by atoms with Gasteiger partial charge in [-0.3, -0.25) is 14.4 Å². The van der Waals surface area contributed by atoms with Gasteiger partial charge in [-0.25, -0.2) is 14.4 Å². The molecule has 0 spiro atoms. The molecule has 1 aliphatic rings. The average Bonchev–Trinajstić information content (AvgIpc) is 3.50. The first-order valence-corrected chi connectivity index (χ1v) is 10.4. The zero-order chi connectivity index (χ0) is 22.8. The molecule has 4 aromatic rings. The zero-order valence-electron chi connectivity index (χ0n) is 17.8. The van der Waals surface area contributed by atoms with Crippen molar-refractivity contribution in [3.63, 3.8) is 0 Å². The Kier molecular flexibility index (Phi) is 5.40. The van der Waals surface area contributed by atoms with E-state index in [1.807, 2.05) is 31.2 Å². The van der Waals surface area contributed by atoms with Crippen molar-refractivity contribution in [2.75, 3.05) is 0 Å². The van der Waals surface area contributed by atoms with Crippen molar-refractivity contribution in [1.29, 1.82) is 0 Å². The van der Waals surface area contributed by atoms with Gasteiger partial charge in [-0.1, -0.05) is 17.7 Å². The van der Waals surface area contributed by atoms with Gasteiger partial charge in [0.15, 0.2) is 12.1 Å². The van der Waals surface area contributed by atoms with Crippen LogP contribution in [0.2, 0.25) is 0 Å². The third-order valence-electron chi connectivity index (χ3n) is 5.34. The minimum absolute atomic E-state index is 0.217. The fourth-order valence-corrected chi connectivity index (χ4v) is 3.69. The molecule has 1 aliphatic heterocycles. The number of rotatable bonds is 5. The molecule has 1 atom stereocenters. The molecule has 8 heteroatoms. The number of aromatic nitrogens is 4. The van der Waals surface area contributed by atoms with Crippen LogP contribution < -0.4 is 0 Å². The highest BCUT2D eigenvalue weighted by Gasteiger charge is 2.30. The summed E-state index contributed by atoms with van der Waals surface area (Å²) in [6, 6.07) is 15.3. The van der Waals surface area contributed by atoms with Gasteiger partial charge in [0, 0.05) is 35.9 Å². The molecule has 3 heterocycles. The minimum atomic E-state index is -0.566. The van der Waals surface area contributed by atoms with Gasteiger partial charge in [0.1, 0.15) is 12.1 Å². The third kappa shape index (κ3) is 4.23. The minimum Gasteiger partial charge on any atom is -0.474 e. The number of ether oxygens (including phenoxy) is 1. The number of aryl methyl sites for hydroxylation is 1. The van der Waals surface area contributed by atoms with Gasteiger partial charge in [0.25, 0.3) is 5.91 Å². The van der Waals surface area contributed by atoms with Crippen molar-refractivity contribution in [3.8, 4) is 22.6 Å². The van der Waals surface area contributed by atoms with Crippen LogP contribution in [0.1, 0.15) is 15.9 Å². The second-order valence-electron chi connectivity index (χ2n) is 7.64. The first-order valence-electron chi connectivity index (χ1n) is 10.4. The largest absolute Gasteiger partial charge is 0.474 e. The Morgan fingerprint density at radius 3 is 2.67 bits per heavy atom. The fraction of sp³-hybridized carbons (Fsp3) is 0.120. The van der Waals surface area contributed by atoms with Crippen LogP contribution in [0.5, 0.6) is 0 Å². The van der Waals surface area contributed by atoms with Crippen LogP contribution in [-0.2, 0) is 11.3 Å². The lowest BCUT2D eigenvalue weighted by Gasteiger charge is -2.23. The van der Waals surface area contributed by atoms with Crippen molar-refractivity contribution in [2.24, 2.45) is 0 Å². The van der Waals surface area contributed by atoms with E-state index in [9.17, 15) is 9.18 Å². The van der Waals surface area contributed by atoms with E-state index in [2.05, 4.69) is 15.1 Å². The maximum atomic E-state index is 13.5. The molecule has 33 heavy (non-hydrogen) atoms. The lowest BCUT2D eigenvalue weighted by Crippen LogP contribution is -2.37. The van der Waals surface area contributed by atoms with Gasteiger partial charge >= 0.3 is 0 Å². The molecule has 5 rings (SSSR count). The highest BCUT2D eigenvalue weighted by atomic mass is 19.1. The van der Waals surface area contributed by atoms with E-state index in [1.54, 1.807) is 52.6 Å². The Morgan fingerprint density at radius 2 is 1.88 bits per heavy atom. The molecule has 164 valence electrons. The summed E-state index contributed by atoms with van der Waals surface area (Å²) in [6.45, 7) is 2.25. The third-order valence-corrected chi connectivity index (χ3v) is 5.34. The van der Waals surface area contributed by atoms with Crippen molar-refractivity contribution in [2.45, 2.75) is 19.7 Å². The van der Waals surface area contributed by atoms with Crippen molar-refractivity contribution in [1.82, 2.24) is 24.6 Å². The Bertz CT molecular complexity index is 1320. The van der Waals surface area contributed by atoms with Gasteiger partial charge in [-0.15, -0.1) is 0 Å². The van der Waals surface area contributed by atoms with Crippen LogP contribution in [0, 0.1) is 12.7 Å². The maximum absolute atomic E-state index is 13.5. The number of hydrogen-bond donors (Lipinski definition) is 0. The number of hydrogen-bond acceptors (Lipinski definition) is 5. The smallest absolute Gasteiger partial charge is 0.261 e. The van der Waals surface area contributed by atoms with E-state index in [1.165, 1.54) is 18.4 Å². The molecule has 0 saturated carbocycles. The second kappa shape index (κ2) is 8.66. The topological polar surface area (TPSA) is 73.1 Å². The van der Waals surface area contributed by atoms with Crippen molar-refractivity contribution in [3.05, 3.63) is 103 Å². The Morgan fingerprint density at radius 1 is 1.09 bits per heavy atom. The summed E-state index contributed by atoms with van der Waals surface area (Å²) in [5, 5.41) is 4.55. The van der Waals surface area contributed by atoms with Gasteiger partial charge in [0.05, 0.1) is 17.8 Å². The summed E-state index contributed by atoms with van der Waals surface area (Å²) < 4.78 is 20.6. The highest BCUT2D eigenvalue weighted by molar-refractivity contribution is 6.01. The molecular formula is C25H20FN5O2. The molecule has 1 unspecified atom stereocenters. The summed E-state index contributed by atoms with van der Waals surface area (Å²) in [6.07, 6.45) is 7.65. The van der Waals surface area contributed by atoms with Crippen molar-refractivity contribution < 1.29 is 13.9 Å². The zero-order valence-corrected chi connectivity index (χ0v) is 17.8. The Balaban J connectivity index is 1.39. The molecule has 7 nitrogen and oxygen atoms in total. The van der Waals surface area contributed by atoms with E-state index in [0.29, 0.717) is 29.2 Å². The average molecular weight is 441 g/mol. The monoisotopic (exact) mass is 441 g/mol. The lowest BCUT2D eigenvalue weighted by atomic mass is 10.0. The number of amides is 1. The molecule has 2 aromatic carbocycles. The van der Waals surface area contributed by atoms with E-state index in [-0.39, 0.29) is 11.7 Å². The van der Waals surface area contributed by atoms with E-state index in [0.717, 1.165) is 11.1 Å². The van der Waals surface area contributed by atoms with Gasteiger partial charge < -0.3 is 4.74 Å². The first-order chi connectivity index (χ1) is 16.1. The molecule has 0 radical (unpaired) electrons. The predicted octanol–water partition coefficient (Wildman–Crippen LogP) is 4.42. The lowest BCUT2D eigenvalue weighted by molar-refractivity contribution is 0.0314. The standard InChI is InChI=1S/C25H20FN5O2/c1-17-3-8-20(24-27-10-2-11-28-24)21(15-17)25(32)31-13-14-33-23(31)16-30-12-9-22(29-30)18-4-6-19(26)7-5-18/h2-15,23H,16H2,1H3. The van der Waals surface area contributed by atoms with Crippen LogP contribution in [0.4, 0.5) is 4.39 Å². The summed E-state index contributed by atoms with van der Waals surface area (Å²) in [7, 11) is 0. The van der Waals surface area contributed by atoms with E-state index >= 15 is 0 Å². The highest BCUT2D eigenvalue weighted by Crippen LogP contribution is 2.26. The number of carbonyl (C=O) groups excluding carboxylic acids is 1. The number of halogens is 1. The molecular weight excluding hydrogens is 421 g/mol. The molecule has 0 aliphatic carbocycles. The summed E-state index contributed by atoms with van der Waals surface area (Å²) in [5.41, 5.74) is 3.62. The predicted molar refractivity (Wildman–Crippen MR) is 120 cm³/mol. The quantitative estimate of drug-likeness (QED) is 0.458. The first kappa shape index (κ1) is 20.6.